The van der Waals surface area contributed by atoms with Crippen LogP contribution in [0.3, 0.4) is 0 Å². The zero-order chi connectivity index (χ0) is 18.4. The normalized spacial score (nSPS) is 13.2. The average Bonchev–Trinajstić information content (AvgIpc) is 3.37. The van der Waals surface area contributed by atoms with Crippen molar-refractivity contribution in [1.29, 1.82) is 0 Å². The van der Waals surface area contributed by atoms with Crippen LogP contribution in [0.2, 0.25) is 0 Å². The predicted molar refractivity (Wildman–Crippen MR) is 91.3 cm³/mol. The fourth-order valence-corrected chi connectivity index (χ4v) is 2.39. The van der Waals surface area contributed by atoms with E-state index in [0.29, 0.717) is 13.0 Å². The summed E-state index contributed by atoms with van der Waals surface area (Å²) >= 11 is 0. The van der Waals surface area contributed by atoms with Crippen molar-refractivity contribution in [1.82, 2.24) is 10.3 Å². The van der Waals surface area contributed by atoms with Crippen molar-refractivity contribution in [3.63, 3.8) is 0 Å². The quantitative estimate of drug-likeness (QED) is 0.785. The fourth-order valence-electron chi connectivity index (χ4n) is 2.39. The Bertz CT molecular complexity index is 815. The maximum atomic E-state index is 12.1. The van der Waals surface area contributed by atoms with Crippen LogP contribution in [0.15, 0.2) is 58.2 Å². The van der Waals surface area contributed by atoms with E-state index in [2.05, 4.69) is 10.4 Å². The van der Waals surface area contributed by atoms with Gasteiger partial charge in [-0.15, -0.1) is 0 Å². The second-order valence-corrected chi connectivity index (χ2v) is 5.50. The molecule has 1 aliphatic rings. The second-order valence-electron chi connectivity index (χ2n) is 5.50. The van der Waals surface area contributed by atoms with E-state index in [1.165, 1.54) is 17.3 Å². The molecule has 1 aliphatic heterocycles. The molecular formula is C18H17N3O5. The number of furan rings is 1. The van der Waals surface area contributed by atoms with E-state index in [4.69, 9.17) is 9.15 Å². The predicted octanol–water partition coefficient (Wildman–Crippen LogP) is 1.19. The lowest BCUT2D eigenvalue weighted by Gasteiger charge is -2.11. The molecule has 26 heavy (non-hydrogen) atoms. The van der Waals surface area contributed by atoms with Crippen LogP contribution in [0, 0.1) is 0 Å². The molecule has 1 aromatic carbocycles. The second kappa shape index (κ2) is 8.11. The van der Waals surface area contributed by atoms with Gasteiger partial charge in [0, 0.05) is 6.42 Å². The van der Waals surface area contributed by atoms with Gasteiger partial charge in [0.2, 0.25) is 0 Å². The first kappa shape index (κ1) is 17.4. The number of esters is 1. The van der Waals surface area contributed by atoms with E-state index < -0.39 is 24.4 Å². The van der Waals surface area contributed by atoms with Crippen molar-refractivity contribution in [3.8, 4) is 0 Å². The maximum Gasteiger partial charge on any atom is 0.325 e. The minimum atomic E-state index is -0.718. The smallest absolute Gasteiger partial charge is 0.325 e. The zero-order valence-corrected chi connectivity index (χ0v) is 13.9. The molecule has 8 heteroatoms. The van der Waals surface area contributed by atoms with Crippen molar-refractivity contribution in [2.24, 2.45) is 5.10 Å². The first-order chi connectivity index (χ1) is 12.6. The van der Waals surface area contributed by atoms with Crippen LogP contribution < -0.4 is 5.32 Å². The summed E-state index contributed by atoms with van der Waals surface area (Å²) in [7, 11) is 0. The van der Waals surface area contributed by atoms with Gasteiger partial charge in [-0.05, 0) is 17.7 Å². The van der Waals surface area contributed by atoms with E-state index >= 15 is 0 Å². The highest BCUT2D eigenvalue weighted by Crippen LogP contribution is 2.13. The Kier molecular flexibility index (Phi) is 5.43. The highest BCUT2D eigenvalue weighted by atomic mass is 16.5. The average molecular weight is 355 g/mol. The van der Waals surface area contributed by atoms with Gasteiger partial charge >= 0.3 is 5.97 Å². The number of hydrazone groups is 1. The Balaban J connectivity index is 1.43. The van der Waals surface area contributed by atoms with Gasteiger partial charge in [0.05, 0.1) is 18.5 Å². The minimum Gasteiger partial charge on any atom is -0.459 e. The molecule has 0 fully saturated rings. The lowest BCUT2D eigenvalue weighted by atomic mass is 10.1. The van der Waals surface area contributed by atoms with Crippen LogP contribution in [0.5, 0.6) is 0 Å². The number of carbonyl (C=O) groups excluding carboxylic acids is 3. The molecule has 0 atom stereocenters. The van der Waals surface area contributed by atoms with Gasteiger partial charge in [0.15, 0.2) is 12.4 Å². The third-order valence-corrected chi connectivity index (χ3v) is 3.69. The van der Waals surface area contributed by atoms with Gasteiger partial charge in [0.1, 0.15) is 6.54 Å². The highest BCUT2D eigenvalue weighted by molar-refractivity contribution is 6.02. The molecule has 0 saturated heterocycles. The topological polar surface area (TPSA) is 101 Å². The first-order valence-corrected chi connectivity index (χ1v) is 8.04. The molecule has 2 aromatic rings. The molecule has 0 saturated carbocycles. The van der Waals surface area contributed by atoms with Crippen molar-refractivity contribution in [2.45, 2.75) is 6.42 Å². The Labute approximate surface area is 149 Å². The minimum absolute atomic E-state index is 0.0914. The van der Waals surface area contributed by atoms with Crippen molar-refractivity contribution >= 4 is 23.5 Å². The molecule has 1 aromatic heterocycles. The summed E-state index contributed by atoms with van der Waals surface area (Å²) < 4.78 is 9.78. The summed E-state index contributed by atoms with van der Waals surface area (Å²) in [5.41, 5.74) is 1.77. The van der Waals surface area contributed by atoms with E-state index in [-0.39, 0.29) is 12.3 Å². The first-order valence-electron chi connectivity index (χ1n) is 8.04. The molecular weight excluding hydrogens is 338 g/mol. The van der Waals surface area contributed by atoms with Gasteiger partial charge in [-0.1, -0.05) is 30.3 Å². The molecule has 2 heterocycles. The molecule has 8 nitrogen and oxygen atoms in total. The van der Waals surface area contributed by atoms with E-state index in [9.17, 15) is 14.4 Å². The number of carbonyl (C=O) groups is 3. The molecule has 0 radical (unpaired) electrons. The molecule has 0 spiro atoms. The summed E-state index contributed by atoms with van der Waals surface area (Å²) in [5.74, 6) is -1.57. The number of rotatable bonds is 6. The molecule has 0 aliphatic carbocycles. The molecule has 2 amide bonds. The number of hydrogen-bond acceptors (Lipinski definition) is 6. The summed E-state index contributed by atoms with van der Waals surface area (Å²) in [4.78, 5) is 35.4. The van der Waals surface area contributed by atoms with Gasteiger partial charge in [0.25, 0.3) is 11.8 Å². The van der Waals surface area contributed by atoms with Gasteiger partial charge < -0.3 is 14.5 Å². The van der Waals surface area contributed by atoms with Crippen molar-refractivity contribution in [3.05, 3.63) is 60.1 Å². The summed E-state index contributed by atoms with van der Waals surface area (Å²) in [6, 6.07) is 12.6. The Morgan fingerprint density at radius 1 is 1.15 bits per heavy atom. The lowest BCUT2D eigenvalue weighted by Crippen LogP contribution is -2.33. The Hall–Kier alpha value is -3.42. The van der Waals surface area contributed by atoms with Crippen LogP contribution in [0.1, 0.15) is 22.5 Å². The van der Waals surface area contributed by atoms with E-state index in [1.54, 1.807) is 6.07 Å². The molecule has 0 unspecified atom stereocenters. The van der Waals surface area contributed by atoms with Crippen LogP contribution in [0.4, 0.5) is 0 Å². The third-order valence-electron chi connectivity index (χ3n) is 3.69. The maximum absolute atomic E-state index is 12.1. The van der Waals surface area contributed by atoms with E-state index in [1.807, 2.05) is 30.3 Å². The summed E-state index contributed by atoms with van der Waals surface area (Å²) in [6.07, 6.45) is 2.00. The molecule has 0 bridgehead atoms. The molecule has 134 valence electrons. The number of amides is 2. The van der Waals surface area contributed by atoms with Gasteiger partial charge in [-0.3, -0.25) is 14.4 Å². The van der Waals surface area contributed by atoms with Crippen molar-refractivity contribution in [2.75, 3.05) is 19.7 Å². The SMILES string of the molecule is O=C(CNC(=O)c1ccco1)OCC(=O)N1CCC(c2ccccc2)=N1. The number of nitrogens with one attached hydrogen (secondary N) is 1. The Morgan fingerprint density at radius 3 is 2.69 bits per heavy atom. The summed E-state index contributed by atoms with van der Waals surface area (Å²) in [5, 5.41) is 7.91. The zero-order valence-electron chi connectivity index (χ0n) is 13.9. The Morgan fingerprint density at radius 2 is 1.96 bits per heavy atom. The number of benzene rings is 1. The van der Waals surface area contributed by atoms with Gasteiger partial charge in [-0.25, -0.2) is 5.01 Å². The van der Waals surface area contributed by atoms with Crippen LogP contribution in [-0.2, 0) is 14.3 Å². The molecule has 1 N–H and O–H groups in total. The summed E-state index contributed by atoms with van der Waals surface area (Å²) in [6.45, 7) is -0.345. The molecule has 3 rings (SSSR count). The third kappa shape index (κ3) is 4.35. The van der Waals surface area contributed by atoms with E-state index in [0.717, 1.165) is 11.3 Å². The monoisotopic (exact) mass is 355 g/mol. The largest absolute Gasteiger partial charge is 0.459 e. The van der Waals surface area contributed by atoms with Crippen LogP contribution >= 0.6 is 0 Å². The number of hydrogen-bond donors (Lipinski definition) is 1. The van der Waals surface area contributed by atoms with Crippen LogP contribution in [-0.4, -0.2) is 48.2 Å². The van der Waals surface area contributed by atoms with Crippen LogP contribution in [0.25, 0.3) is 0 Å². The highest BCUT2D eigenvalue weighted by Gasteiger charge is 2.22. The number of ether oxygens (including phenoxy) is 1. The van der Waals surface area contributed by atoms with Crippen molar-refractivity contribution < 1.29 is 23.5 Å². The fraction of sp³-hybridized carbons (Fsp3) is 0.222. The van der Waals surface area contributed by atoms with Gasteiger partial charge in [-0.2, -0.15) is 5.10 Å². The number of nitrogens with zero attached hydrogens (tertiary/aromatic N) is 2. The lowest BCUT2D eigenvalue weighted by molar-refractivity contribution is -0.150. The standard InChI is InChI=1S/C18H17N3O5/c22-16(21-9-8-14(20-21)13-5-2-1-3-6-13)12-26-17(23)11-19-18(24)15-7-4-10-25-15/h1-7,10H,8-9,11-12H2,(H,19,24).